The van der Waals surface area contributed by atoms with Crippen molar-refractivity contribution in [1.29, 1.82) is 0 Å². The van der Waals surface area contributed by atoms with Crippen LogP contribution in [-0.2, 0) is 0 Å². The lowest BCUT2D eigenvalue weighted by Gasteiger charge is -2.35. The molecule has 0 spiro atoms. The Bertz CT molecular complexity index is 527. The van der Waals surface area contributed by atoms with Gasteiger partial charge in [-0.25, -0.2) is 0 Å². The van der Waals surface area contributed by atoms with Crippen LogP contribution in [0.15, 0.2) is 24.3 Å². The van der Waals surface area contributed by atoms with E-state index in [1.807, 2.05) is 31.2 Å². The summed E-state index contributed by atoms with van der Waals surface area (Å²) in [5, 5.41) is 8.14. The van der Waals surface area contributed by atoms with E-state index in [2.05, 4.69) is 42.9 Å². The predicted octanol–water partition coefficient (Wildman–Crippen LogP) is 2.32. The number of rotatable bonds is 5. The molecule has 2 rings (SSSR count). The molecular weight excluding hydrogens is 240 g/mol. The average molecular weight is 262 g/mol. The Morgan fingerprint density at radius 2 is 1.68 bits per heavy atom. The van der Waals surface area contributed by atoms with Crippen molar-refractivity contribution in [2.45, 2.75) is 52.9 Å². The van der Waals surface area contributed by atoms with Crippen LogP contribution in [0.3, 0.4) is 0 Å². The minimum atomic E-state index is -0.0647. The zero-order valence-electron chi connectivity index (χ0n) is 12.2. The first-order valence-electron chi connectivity index (χ1n) is 6.75. The first-order valence-corrected chi connectivity index (χ1v) is 6.75. The molecule has 1 atom stereocenters. The Kier molecular flexibility index (Phi) is 4.04. The lowest BCUT2D eigenvalue weighted by molar-refractivity contribution is -0.0903. The number of para-hydroxylation sites is 1. The van der Waals surface area contributed by atoms with Gasteiger partial charge in [0, 0.05) is 12.1 Å². The number of fused-ring (bicyclic) bond motifs is 1. The molecule has 0 N–H and O–H groups in total. The number of aromatic nitrogens is 3. The van der Waals surface area contributed by atoms with Crippen molar-refractivity contribution in [3.8, 4) is 0 Å². The van der Waals surface area contributed by atoms with Gasteiger partial charge in [0.25, 0.3) is 0 Å². The molecule has 1 unspecified atom stereocenters. The molecule has 1 aromatic heterocycles. The van der Waals surface area contributed by atoms with Crippen molar-refractivity contribution in [3.05, 3.63) is 24.3 Å². The molecule has 2 aromatic rings. The highest BCUT2D eigenvalue weighted by molar-refractivity contribution is 5.73. The summed E-state index contributed by atoms with van der Waals surface area (Å²) >= 11 is 0. The molecule has 19 heavy (non-hydrogen) atoms. The van der Waals surface area contributed by atoms with Gasteiger partial charge >= 0.3 is 0 Å². The van der Waals surface area contributed by atoms with Crippen LogP contribution in [0.25, 0.3) is 11.0 Å². The molecule has 0 aliphatic rings. The highest BCUT2D eigenvalue weighted by atomic mass is 16.7. The third-order valence-electron chi connectivity index (χ3n) is 3.19. The minimum absolute atomic E-state index is 0.0647. The van der Waals surface area contributed by atoms with Crippen LogP contribution >= 0.6 is 0 Å². The van der Waals surface area contributed by atoms with Gasteiger partial charge in [-0.2, -0.15) is 0 Å². The third-order valence-corrected chi connectivity index (χ3v) is 3.19. The number of hydrogen-bond donors (Lipinski definition) is 0. The maximum absolute atomic E-state index is 5.92. The summed E-state index contributed by atoms with van der Waals surface area (Å²) in [7, 11) is 0. The van der Waals surface area contributed by atoms with Gasteiger partial charge < -0.3 is 4.84 Å². The van der Waals surface area contributed by atoms with Gasteiger partial charge in [0.2, 0.25) is 0 Å². The van der Waals surface area contributed by atoms with Crippen molar-refractivity contribution in [3.63, 3.8) is 0 Å². The molecule has 0 radical (unpaired) electrons. The molecule has 104 valence electrons. The fourth-order valence-electron chi connectivity index (χ4n) is 2.56. The van der Waals surface area contributed by atoms with E-state index in [9.17, 15) is 0 Å². The van der Waals surface area contributed by atoms with E-state index in [0.717, 1.165) is 11.0 Å². The van der Waals surface area contributed by atoms with E-state index in [1.54, 1.807) is 0 Å². The molecule has 0 fully saturated rings. The molecule has 0 aliphatic heterocycles. The second kappa shape index (κ2) is 5.57. The van der Waals surface area contributed by atoms with E-state index in [4.69, 9.17) is 4.84 Å². The summed E-state index contributed by atoms with van der Waals surface area (Å²) in [6.07, 6.45) is -0.0647. The molecule has 0 saturated heterocycles. The highest BCUT2D eigenvalue weighted by Crippen LogP contribution is 2.13. The molecule has 0 amide bonds. The molecule has 0 bridgehead atoms. The standard InChI is InChI=1S/C14H22N4O/c1-10(2)17(11(3)4)12(5)19-18-14-9-7-6-8-13(14)15-16-18/h6-12H,1-5H3. The zero-order valence-corrected chi connectivity index (χ0v) is 12.2. The van der Waals surface area contributed by atoms with E-state index < -0.39 is 0 Å². The highest BCUT2D eigenvalue weighted by Gasteiger charge is 2.22. The van der Waals surface area contributed by atoms with Gasteiger partial charge in [-0.3, -0.25) is 4.90 Å². The molecule has 1 heterocycles. The quantitative estimate of drug-likeness (QED) is 0.776. The summed E-state index contributed by atoms with van der Waals surface area (Å²) in [5.41, 5.74) is 1.73. The zero-order chi connectivity index (χ0) is 14.0. The Balaban J connectivity index is 2.20. The van der Waals surface area contributed by atoms with Crippen molar-refractivity contribution in [2.75, 3.05) is 0 Å². The van der Waals surface area contributed by atoms with Gasteiger partial charge in [-0.05, 0) is 52.0 Å². The normalized spacial score (nSPS) is 13.7. The van der Waals surface area contributed by atoms with Crippen molar-refractivity contribution >= 4 is 11.0 Å². The van der Waals surface area contributed by atoms with Crippen LogP contribution in [0.4, 0.5) is 0 Å². The molecule has 5 nitrogen and oxygen atoms in total. The Hall–Kier alpha value is -1.62. The van der Waals surface area contributed by atoms with Crippen molar-refractivity contribution in [1.82, 2.24) is 20.1 Å². The maximum atomic E-state index is 5.92. The summed E-state index contributed by atoms with van der Waals surface area (Å²) in [5.74, 6) is 0. The molecular formula is C14H22N4O. The summed E-state index contributed by atoms with van der Waals surface area (Å²) < 4.78 is 0. The van der Waals surface area contributed by atoms with Crippen LogP contribution < -0.4 is 4.84 Å². The van der Waals surface area contributed by atoms with E-state index >= 15 is 0 Å². The maximum Gasteiger partial charge on any atom is 0.178 e. The fraction of sp³-hybridized carbons (Fsp3) is 0.571. The Morgan fingerprint density at radius 3 is 2.32 bits per heavy atom. The summed E-state index contributed by atoms with van der Waals surface area (Å²) in [6.45, 7) is 10.7. The Labute approximate surface area is 114 Å². The third kappa shape index (κ3) is 2.87. The van der Waals surface area contributed by atoms with Crippen LogP contribution in [0.1, 0.15) is 34.6 Å². The van der Waals surface area contributed by atoms with Crippen LogP contribution in [-0.4, -0.2) is 38.4 Å². The number of nitrogens with zero attached hydrogens (tertiary/aromatic N) is 4. The first kappa shape index (κ1) is 13.8. The second-order valence-electron chi connectivity index (χ2n) is 5.29. The van der Waals surface area contributed by atoms with Gasteiger partial charge in [-0.15, -0.1) is 5.10 Å². The molecule has 5 heteroatoms. The van der Waals surface area contributed by atoms with E-state index in [-0.39, 0.29) is 6.23 Å². The van der Waals surface area contributed by atoms with Gasteiger partial charge in [-0.1, -0.05) is 17.0 Å². The van der Waals surface area contributed by atoms with Gasteiger partial charge in [0.05, 0.1) is 0 Å². The SMILES string of the molecule is CC(C)N(C(C)C)C(C)On1nnc2ccccc21. The number of hydrogen-bond acceptors (Lipinski definition) is 4. The van der Waals surface area contributed by atoms with Crippen LogP contribution in [0.2, 0.25) is 0 Å². The molecule has 0 saturated carbocycles. The summed E-state index contributed by atoms with van der Waals surface area (Å²) in [6, 6.07) is 8.60. The molecule has 1 aromatic carbocycles. The van der Waals surface area contributed by atoms with Crippen molar-refractivity contribution in [2.24, 2.45) is 0 Å². The molecule has 0 aliphatic carbocycles. The van der Waals surface area contributed by atoms with Crippen LogP contribution in [0, 0.1) is 0 Å². The Morgan fingerprint density at radius 1 is 1.05 bits per heavy atom. The lowest BCUT2D eigenvalue weighted by Crippen LogP contribution is -2.48. The van der Waals surface area contributed by atoms with Crippen molar-refractivity contribution < 1.29 is 4.84 Å². The topological polar surface area (TPSA) is 43.2 Å². The fourth-order valence-corrected chi connectivity index (χ4v) is 2.56. The largest absolute Gasteiger partial charge is 0.376 e. The van der Waals surface area contributed by atoms with E-state index in [1.165, 1.54) is 4.85 Å². The second-order valence-corrected chi connectivity index (χ2v) is 5.29. The van der Waals surface area contributed by atoms with Gasteiger partial charge in [0.1, 0.15) is 11.0 Å². The van der Waals surface area contributed by atoms with Crippen LogP contribution in [0.5, 0.6) is 0 Å². The minimum Gasteiger partial charge on any atom is -0.376 e. The predicted molar refractivity (Wildman–Crippen MR) is 75.7 cm³/mol. The smallest absolute Gasteiger partial charge is 0.178 e. The first-order chi connectivity index (χ1) is 9.00. The van der Waals surface area contributed by atoms with E-state index in [0.29, 0.717) is 12.1 Å². The number of benzene rings is 1. The summed E-state index contributed by atoms with van der Waals surface area (Å²) in [4.78, 5) is 9.72. The van der Waals surface area contributed by atoms with Gasteiger partial charge in [0.15, 0.2) is 6.23 Å². The lowest BCUT2D eigenvalue weighted by atomic mass is 10.2. The average Bonchev–Trinajstić information content (AvgIpc) is 2.72. The monoisotopic (exact) mass is 262 g/mol.